The van der Waals surface area contributed by atoms with Crippen molar-refractivity contribution in [2.75, 3.05) is 31.2 Å². The lowest BCUT2D eigenvalue weighted by molar-refractivity contribution is -0.120. The molecule has 0 bridgehead atoms. The number of carbonyl (C=O) groups excluding carboxylic acids is 2. The predicted octanol–water partition coefficient (Wildman–Crippen LogP) is 5.23. The highest BCUT2D eigenvalue weighted by Gasteiger charge is 2.21. The van der Waals surface area contributed by atoms with Crippen LogP contribution in [0.3, 0.4) is 0 Å². The van der Waals surface area contributed by atoms with Gasteiger partial charge in [-0.05, 0) is 63.8 Å². The Morgan fingerprint density at radius 2 is 1.82 bits per heavy atom. The molecule has 6 nitrogen and oxygen atoms in total. The van der Waals surface area contributed by atoms with Crippen molar-refractivity contribution < 1.29 is 19.1 Å². The lowest BCUT2D eigenvalue weighted by Gasteiger charge is -2.32. The number of ether oxygens (including phenoxy) is 2. The van der Waals surface area contributed by atoms with E-state index in [9.17, 15) is 9.59 Å². The normalized spacial score (nSPS) is 14.6. The third-order valence-electron chi connectivity index (χ3n) is 5.88. The largest absolute Gasteiger partial charge is 0.493 e. The molecule has 0 saturated carbocycles. The van der Waals surface area contributed by atoms with E-state index in [-0.39, 0.29) is 18.4 Å². The summed E-state index contributed by atoms with van der Waals surface area (Å²) in [7, 11) is 0. The fraction of sp³-hybridized carbons (Fsp3) is 0.429. The molecule has 0 spiro atoms. The van der Waals surface area contributed by atoms with Gasteiger partial charge in [0.1, 0.15) is 11.3 Å². The lowest BCUT2D eigenvalue weighted by Crippen LogP contribution is -2.33. The van der Waals surface area contributed by atoms with E-state index in [2.05, 4.69) is 28.4 Å². The van der Waals surface area contributed by atoms with Crippen LogP contribution in [0, 0.1) is 0 Å². The first-order valence-electron chi connectivity index (χ1n) is 12.3. The summed E-state index contributed by atoms with van der Waals surface area (Å²) in [4.78, 5) is 27.7. The van der Waals surface area contributed by atoms with Gasteiger partial charge in [0, 0.05) is 24.3 Å². The number of nitrogens with zero attached hydrogens (tertiary/aromatic N) is 1. The van der Waals surface area contributed by atoms with E-state index in [0.29, 0.717) is 24.5 Å². The number of piperidine rings is 1. The summed E-state index contributed by atoms with van der Waals surface area (Å²) in [5, 5.41) is 3.19. The summed E-state index contributed by atoms with van der Waals surface area (Å²) in [5.74, 6) is -0.0843. The van der Waals surface area contributed by atoms with Gasteiger partial charge in [-0.1, -0.05) is 36.4 Å². The Balaban J connectivity index is 1.77. The number of hydrogen-bond acceptors (Lipinski definition) is 5. The first-order valence-corrected chi connectivity index (χ1v) is 12.3. The maximum atomic E-state index is 13.1. The van der Waals surface area contributed by atoms with E-state index in [1.807, 2.05) is 32.1 Å². The number of carbonyl (C=O) groups is 2. The number of para-hydroxylation sites is 1. The van der Waals surface area contributed by atoms with Gasteiger partial charge < -0.3 is 19.7 Å². The highest BCUT2D eigenvalue weighted by molar-refractivity contribution is 5.93. The molecule has 0 radical (unpaired) electrons. The second-order valence-corrected chi connectivity index (χ2v) is 8.34. The number of benzene rings is 2. The number of hydrogen-bond donors (Lipinski definition) is 1. The summed E-state index contributed by atoms with van der Waals surface area (Å²) in [6.45, 7) is 8.38. The molecular formula is C28H36N2O4. The van der Waals surface area contributed by atoms with Crippen molar-refractivity contribution in [3.8, 4) is 5.75 Å². The average Bonchev–Trinajstić information content (AvgIpc) is 2.85. The molecule has 1 unspecified atom stereocenters. The predicted molar refractivity (Wildman–Crippen MR) is 135 cm³/mol. The van der Waals surface area contributed by atoms with Gasteiger partial charge in [0.05, 0.1) is 25.7 Å². The van der Waals surface area contributed by atoms with Crippen LogP contribution in [0.15, 0.2) is 54.6 Å². The molecule has 2 aromatic rings. The molecule has 1 amide bonds. The maximum absolute atomic E-state index is 13.1. The Hall–Kier alpha value is -3.28. The van der Waals surface area contributed by atoms with Gasteiger partial charge in [-0.25, -0.2) is 4.79 Å². The quantitative estimate of drug-likeness (QED) is 0.385. The van der Waals surface area contributed by atoms with Crippen LogP contribution >= 0.6 is 0 Å². The summed E-state index contributed by atoms with van der Waals surface area (Å²) in [5.41, 5.74) is 3.43. The fourth-order valence-electron chi connectivity index (χ4n) is 4.33. The third kappa shape index (κ3) is 6.62. The second-order valence-electron chi connectivity index (χ2n) is 8.34. The van der Waals surface area contributed by atoms with Gasteiger partial charge in [0.15, 0.2) is 0 Å². The highest BCUT2D eigenvalue weighted by Crippen LogP contribution is 2.30. The third-order valence-corrected chi connectivity index (χ3v) is 5.88. The van der Waals surface area contributed by atoms with E-state index < -0.39 is 5.97 Å². The Morgan fingerprint density at radius 3 is 2.53 bits per heavy atom. The maximum Gasteiger partial charge on any atom is 0.341 e. The smallest absolute Gasteiger partial charge is 0.341 e. The molecule has 1 aliphatic heterocycles. The Labute approximate surface area is 202 Å². The van der Waals surface area contributed by atoms with Crippen LogP contribution in [0.4, 0.5) is 5.69 Å². The van der Waals surface area contributed by atoms with Crippen molar-refractivity contribution in [2.45, 2.75) is 52.5 Å². The van der Waals surface area contributed by atoms with E-state index in [4.69, 9.17) is 9.47 Å². The minimum Gasteiger partial charge on any atom is -0.493 e. The van der Waals surface area contributed by atoms with Crippen molar-refractivity contribution in [3.05, 3.63) is 71.3 Å². The van der Waals surface area contributed by atoms with E-state index in [1.54, 1.807) is 25.1 Å². The molecule has 0 aliphatic carbocycles. The minimum absolute atomic E-state index is 0.0946. The number of allylic oxidation sites excluding steroid dienone is 1. The van der Waals surface area contributed by atoms with Crippen molar-refractivity contribution in [1.82, 2.24) is 5.32 Å². The molecule has 1 aliphatic rings. The summed E-state index contributed by atoms with van der Waals surface area (Å²) in [6, 6.07) is 13.3. The highest BCUT2D eigenvalue weighted by atomic mass is 16.5. The van der Waals surface area contributed by atoms with Crippen molar-refractivity contribution in [2.24, 2.45) is 0 Å². The van der Waals surface area contributed by atoms with Crippen LogP contribution in [0.2, 0.25) is 0 Å². The van der Waals surface area contributed by atoms with Crippen LogP contribution in [-0.4, -0.2) is 38.2 Å². The van der Waals surface area contributed by atoms with Gasteiger partial charge in [-0.2, -0.15) is 0 Å². The van der Waals surface area contributed by atoms with Gasteiger partial charge in [-0.3, -0.25) is 4.79 Å². The molecule has 1 N–H and O–H groups in total. The van der Waals surface area contributed by atoms with E-state index in [0.717, 1.165) is 24.2 Å². The lowest BCUT2D eigenvalue weighted by atomic mass is 10.0. The standard InChI is InChI=1S/C28H36N2O4/c1-4-12-24(22-13-8-9-14-25(22)30-17-10-7-11-18-30)29-27(31)20-21-15-16-23(28(32)34-6-3)26(19-21)33-5-2/h4,8-9,12-16,19,24H,5-7,10-11,17-18,20H2,1-3H3,(H,29,31). The van der Waals surface area contributed by atoms with Crippen molar-refractivity contribution in [1.29, 1.82) is 0 Å². The zero-order valence-electron chi connectivity index (χ0n) is 20.5. The number of amides is 1. The minimum atomic E-state index is -0.426. The monoisotopic (exact) mass is 464 g/mol. The molecular weight excluding hydrogens is 428 g/mol. The summed E-state index contributed by atoms with van der Waals surface area (Å²) in [6.07, 6.45) is 7.84. The van der Waals surface area contributed by atoms with Crippen LogP contribution in [0.5, 0.6) is 5.75 Å². The number of anilines is 1. The zero-order chi connectivity index (χ0) is 24.3. The first kappa shape index (κ1) is 25.3. The van der Waals surface area contributed by atoms with Gasteiger partial charge in [0.25, 0.3) is 0 Å². The molecule has 1 saturated heterocycles. The Kier molecular flexibility index (Phi) is 9.56. The molecule has 6 heteroatoms. The van der Waals surface area contributed by atoms with Gasteiger partial charge in [-0.15, -0.1) is 0 Å². The van der Waals surface area contributed by atoms with Gasteiger partial charge >= 0.3 is 5.97 Å². The van der Waals surface area contributed by atoms with Crippen LogP contribution in [-0.2, 0) is 16.0 Å². The SMILES string of the molecule is CC=CC(NC(=O)Cc1ccc(C(=O)OCC)c(OCC)c1)c1ccccc1N1CCCCC1. The topological polar surface area (TPSA) is 67.9 Å². The molecule has 34 heavy (non-hydrogen) atoms. The molecule has 1 heterocycles. The first-order chi connectivity index (χ1) is 16.6. The van der Waals surface area contributed by atoms with Crippen LogP contribution < -0.4 is 15.0 Å². The molecule has 0 aromatic heterocycles. The summed E-state index contributed by atoms with van der Waals surface area (Å²) < 4.78 is 10.8. The molecule has 3 rings (SSSR count). The average molecular weight is 465 g/mol. The Bertz CT molecular complexity index is 996. The fourth-order valence-corrected chi connectivity index (χ4v) is 4.33. The van der Waals surface area contributed by atoms with Gasteiger partial charge in [0.2, 0.25) is 5.91 Å². The molecule has 2 aromatic carbocycles. The van der Waals surface area contributed by atoms with E-state index in [1.165, 1.54) is 24.9 Å². The Morgan fingerprint density at radius 1 is 1.06 bits per heavy atom. The molecule has 1 fully saturated rings. The van der Waals surface area contributed by atoms with E-state index >= 15 is 0 Å². The van der Waals surface area contributed by atoms with Crippen molar-refractivity contribution in [3.63, 3.8) is 0 Å². The van der Waals surface area contributed by atoms with Crippen molar-refractivity contribution >= 4 is 17.6 Å². The number of nitrogens with one attached hydrogen (secondary N) is 1. The summed E-state index contributed by atoms with van der Waals surface area (Å²) >= 11 is 0. The molecule has 1 atom stereocenters. The van der Waals surface area contributed by atoms with Crippen LogP contribution in [0.1, 0.15) is 67.6 Å². The van der Waals surface area contributed by atoms with Crippen LogP contribution in [0.25, 0.3) is 0 Å². The second kappa shape index (κ2) is 12.8. The molecule has 182 valence electrons. The zero-order valence-corrected chi connectivity index (χ0v) is 20.5. The number of esters is 1. The number of rotatable bonds is 10.